The maximum atomic E-state index is 12.7. The van der Waals surface area contributed by atoms with Gasteiger partial charge in [0, 0.05) is 6.54 Å². The molecule has 0 unspecified atom stereocenters. The molecule has 0 fully saturated rings. The smallest absolute Gasteiger partial charge is 0.305 e. The van der Waals surface area contributed by atoms with Crippen molar-refractivity contribution < 1.29 is 9.90 Å². The molecule has 0 aliphatic carbocycles. The molecular formula is C20H15N3O3. The summed E-state index contributed by atoms with van der Waals surface area (Å²) in [7, 11) is 0. The van der Waals surface area contributed by atoms with Gasteiger partial charge in [-0.05, 0) is 35.9 Å². The van der Waals surface area contributed by atoms with Gasteiger partial charge in [0.1, 0.15) is 5.82 Å². The van der Waals surface area contributed by atoms with Gasteiger partial charge in [0.05, 0.1) is 29.0 Å². The number of fused-ring (bicyclic) bond motifs is 1. The summed E-state index contributed by atoms with van der Waals surface area (Å²) in [6.45, 7) is 0.0317. The number of benzene rings is 2. The van der Waals surface area contributed by atoms with E-state index < -0.39 is 5.97 Å². The lowest BCUT2D eigenvalue weighted by Gasteiger charge is -2.10. The van der Waals surface area contributed by atoms with Crippen molar-refractivity contribution in [3.05, 3.63) is 75.8 Å². The Morgan fingerprint density at radius 3 is 2.77 bits per heavy atom. The fourth-order valence-corrected chi connectivity index (χ4v) is 2.62. The number of carboxylic acid groups (broad SMARTS) is 1. The number of hydrogen-bond acceptors (Lipinski definition) is 4. The molecule has 0 saturated carbocycles. The normalized spacial score (nSPS) is 10.9. The van der Waals surface area contributed by atoms with Crippen LogP contribution in [0.4, 0.5) is 0 Å². The number of carbonyl (C=O) groups is 1. The Hall–Kier alpha value is -3.72. The van der Waals surface area contributed by atoms with E-state index in [9.17, 15) is 9.59 Å². The zero-order valence-electron chi connectivity index (χ0n) is 13.8. The van der Waals surface area contributed by atoms with Gasteiger partial charge in [0.15, 0.2) is 0 Å². The number of aromatic nitrogens is 2. The fraction of sp³-hybridized carbons (Fsp3) is 0.100. The third kappa shape index (κ3) is 3.68. The van der Waals surface area contributed by atoms with Crippen molar-refractivity contribution in [2.24, 2.45) is 0 Å². The van der Waals surface area contributed by atoms with E-state index in [0.717, 1.165) is 5.56 Å². The predicted octanol–water partition coefficient (Wildman–Crippen LogP) is 2.91. The molecule has 0 radical (unpaired) electrons. The Bertz CT molecular complexity index is 1110. The SMILES string of the molecule is N#Cc1cccc(/C=C\c2nc3ccccc3c(=O)n2CCC(=O)O)c1. The van der Waals surface area contributed by atoms with E-state index in [1.54, 1.807) is 54.6 Å². The van der Waals surface area contributed by atoms with Crippen LogP contribution in [0, 0.1) is 11.3 Å². The highest BCUT2D eigenvalue weighted by atomic mass is 16.4. The molecule has 1 aromatic heterocycles. The molecule has 1 N–H and O–H groups in total. The summed E-state index contributed by atoms with van der Waals surface area (Å²) in [5, 5.41) is 18.4. The van der Waals surface area contributed by atoms with Crippen LogP contribution in [0.5, 0.6) is 0 Å². The van der Waals surface area contributed by atoms with Crippen molar-refractivity contribution in [3.8, 4) is 6.07 Å². The Labute approximate surface area is 149 Å². The number of nitriles is 1. The van der Waals surface area contributed by atoms with Gasteiger partial charge >= 0.3 is 5.97 Å². The Morgan fingerprint density at radius 2 is 2.00 bits per heavy atom. The van der Waals surface area contributed by atoms with Crippen LogP contribution in [0.15, 0.2) is 53.3 Å². The molecule has 3 aromatic rings. The van der Waals surface area contributed by atoms with Crippen LogP contribution < -0.4 is 5.56 Å². The van der Waals surface area contributed by atoms with E-state index in [1.165, 1.54) is 4.57 Å². The van der Waals surface area contributed by atoms with Crippen molar-refractivity contribution in [2.75, 3.05) is 0 Å². The number of hydrogen-bond donors (Lipinski definition) is 1. The highest BCUT2D eigenvalue weighted by molar-refractivity contribution is 5.79. The molecule has 0 atom stereocenters. The largest absolute Gasteiger partial charge is 0.481 e. The topological polar surface area (TPSA) is 96.0 Å². The maximum Gasteiger partial charge on any atom is 0.305 e. The van der Waals surface area contributed by atoms with E-state index >= 15 is 0 Å². The van der Waals surface area contributed by atoms with E-state index in [1.807, 2.05) is 6.07 Å². The number of carboxylic acids is 1. The molecule has 0 aliphatic heterocycles. The van der Waals surface area contributed by atoms with Gasteiger partial charge < -0.3 is 5.11 Å². The van der Waals surface area contributed by atoms with Gasteiger partial charge in [-0.1, -0.05) is 30.3 Å². The summed E-state index contributed by atoms with van der Waals surface area (Å²) in [6.07, 6.45) is 3.23. The Kier molecular flexibility index (Phi) is 4.90. The number of rotatable bonds is 5. The summed E-state index contributed by atoms with van der Waals surface area (Å²) in [4.78, 5) is 28.1. The molecule has 128 valence electrons. The first kappa shape index (κ1) is 17.1. The Balaban J connectivity index is 2.09. The number of aliphatic carboxylic acids is 1. The average Bonchev–Trinajstić information content (AvgIpc) is 2.66. The van der Waals surface area contributed by atoms with Gasteiger partial charge in [0.25, 0.3) is 5.56 Å². The second-order valence-electron chi connectivity index (χ2n) is 5.66. The van der Waals surface area contributed by atoms with Crippen LogP contribution in [-0.2, 0) is 11.3 Å². The van der Waals surface area contributed by atoms with E-state index in [0.29, 0.717) is 22.3 Å². The van der Waals surface area contributed by atoms with Gasteiger partial charge in [0.2, 0.25) is 0 Å². The lowest BCUT2D eigenvalue weighted by atomic mass is 10.1. The minimum Gasteiger partial charge on any atom is -0.481 e. The van der Waals surface area contributed by atoms with E-state index in [2.05, 4.69) is 11.1 Å². The Morgan fingerprint density at radius 1 is 1.19 bits per heavy atom. The van der Waals surface area contributed by atoms with E-state index in [-0.39, 0.29) is 18.5 Å². The third-order valence-electron chi connectivity index (χ3n) is 3.88. The number of nitrogens with zero attached hydrogens (tertiary/aromatic N) is 3. The quantitative estimate of drug-likeness (QED) is 0.767. The van der Waals surface area contributed by atoms with Crippen LogP contribution in [-0.4, -0.2) is 20.6 Å². The van der Waals surface area contributed by atoms with Crippen LogP contribution >= 0.6 is 0 Å². The van der Waals surface area contributed by atoms with Crippen LogP contribution in [0.25, 0.3) is 23.1 Å². The van der Waals surface area contributed by atoms with Crippen molar-refractivity contribution in [2.45, 2.75) is 13.0 Å². The second kappa shape index (κ2) is 7.45. The first-order valence-corrected chi connectivity index (χ1v) is 7.98. The molecule has 3 rings (SSSR count). The van der Waals surface area contributed by atoms with Gasteiger partial charge in [-0.15, -0.1) is 0 Å². The van der Waals surface area contributed by atoms with Crippen LogP contribution in [0.2, 0.25) is 0 Å². The minimum atomic E-state index is -0.985. The molecule has 6 nitrogen and oxygen atoms in total. The second-order valence-corrected chi connectivity index (χ2v) is 5.66. The number of para-hydroxylation sites is 1. The van der Waals surface area contributed by atoms with Crippen LogP contribution in [0.1, 0.15) is 23.4 Å². The summed E-state index contributed by atoms with van der Waals surface area (Å²) >= 11 is 0. The molecule has 0 spiro atoms. The zero-order valence-corrected chi connectivity index (χ0v) is 13.8. The summed E-state index contributed by atoms with van der Waals surface area (Å²) in [6, 6.07) is 16.0. The molecule has 0 bridgehead atoms. The van der Waals surface area contributed by atoms with Crippen molar-refractivity contribution in [1.82, 2.24) is 9.55 Å². The molecule has 6 heteroatoms. The third-order valence-corrected chi connectivity index (χ3v) is 3.88. The zero-order chi connectivity index (χ0) is 18.5. The molecule has 0 amide bonds. The fourth-order valence-electron chi connectivity index (χ4n) is 2.62. The van der Waals surface area contributed by atoms with Gasteiger partial charge in [-0.25, -0.2) is 4.98 Å². The van der Waals surface area contributed by atoms with Crippen LogP contribution in [0.3, 0.4) is 0 Å². The highest BCUT2D eigenvalue weighted by Crippen LogP contribution is 2.12. The highest BCUT2D eigenvalue weighted by Gasteiger charge is 2.10. The maximum absolute atomic E-state index is 12.7. The summed E-state index contributed by atoms with van der Waals surface area (Å²) in [5.41, 5.74) is 1.59. The lowest BCUT2D eigenvalue weighted by molar-refractivity contribution is -0.137. The molecule has 0 aliphatic rings. The first-order valence-electron chi connectivity index (χ1n) is 7.98. The monoisotopic (exact) mass is 345 g/mol. The van der Waals surface area contributed by atoms with Crippen molar-refractivity contribution in [3.63, 3.8) is 0 Å². The summed E-state index contributed by atoms with van der Waals surface area (Å²) in [5.74, 6) is -0.612. The van der Waals surface area contributed by atoms with Crippen molar-refractivity contribution >= 4 is 29.0 Å². The van der Waals surface area contributed by atoms with Crippen molar-refractivity contribution in [1.29, 1.82) is 5.26 Å². The molecule has 1 heterocycles. The predicted molar refractivity (Wildman–Crippen MR) is 98.3 cm³/mol. The van der Waals surface area contributed by atoms with E-state index in [4.69, 9.17) is 10.4 Å². The summed E-state index contributed by atoms with van der Waals surface area (Å²) < 4.78 is 1.36. The molecule has 26 heavy (non-hydrogen) atoms. The molecular weight excluding hydrogens is 330 g/mol. The lowest BCUT2D eigenvalue weighted by Crippen LogP contribution is -2.25. The standard InChI is InChI=1S/C20H15N3O3/c21-13-15-5-3-4-14(12-15)8-9-18-22-17-7-2-1-6-16(17)20(26)23(18)11-10-19(24)25/h1-9,12H,10-11H2,(H,24,25)/b9-8-. The van der Waals surface area contributed by atoms with Gasteiger partial charge in [-0.3, -0.25) is 14.2 Å². The molecule has 0 saturated heterocycles. The molecule has 2 aromatic carbocycles. The first-order chi connectivity index (χ1) is 12.6. The minimum absolute atomic E-state index is 0.0317. The van der Waals surface area contributed by atoms with Gasteiger partial charge in [-0.2, -0.15) is 5.26 Å². The average molecular weight is 345 g/mol.